The largest absolute Gasteiger partial charge is 0.372 e. The summed E-state index contributed by atoms with van der Waals surface area (Å²) in [7, 11) is 0. The Kier molecular flexibility index (Phi) is 11.0. The highest BCUT2D eigenvalue weighted by Crippen LogP contribution is 2.30. The summed E-state index contributed by atoms with van der Waals surface area (Å²) in [6.07, 6.45) is 11.7. The molecule has 1 N–H and O–H groups in total. The van der Waals surface area contributed by atoms with Gasteiger partial charge in [-0.15, -0.1) is 0 Å². The molecule has 0 amide bonds. The van der Waals surface area contributed by atoms with Crippen LogP contribution in [0.5, 0.6) is 0 Å². The molecule has 0 radical (unpaired) electrons. The average Bonchev–Trinajstić information content (AvgIpc) is 3.02. The van der Waals surface area contributed by atoms with Crippen LogP contribution in [0, 0.1) is 20.8 Å². The van der Waals surface area contributed by atoms with Gasteiger partial charge < -0.3 is 15.1 Å². The number of hydrogen-bond acceptors (Lipinski definition) is 3. The predicted octanol–water partition coefficient (Wildman–Crippen LogP) is 6.90. The molecule has 1 fully saturated rings. The summed E-state index contributed by atoms with van der Waals surface area (Å²) in [6.45, 7) is 29.0. The van der Waals surface area contributed by atoms with E-state index >= 15 is 0 Å². The van der Waals surface area contributed by atoms with E-state index in [0.29, 0.717) is 6.04 Å². The molecule has 1 heterocycles. The van der Waals surface area contributed by atoms with Crippen LogP contribution >= 0.6 is 0 Å². The molecule has 0 saturated carbocycles. The number of rotatable bonds is 12. The second kappa shape index (κ2) is 13.4. The molecule has 33 heavy (non-hydrogen) atoms. The summed E-state index contributed by atoms with van der Waals surface area (Å²) >= 11 is 0. The van der Waals surface area contributed by atoms with Gasteiger partial charge in [-0.25, -0.2) is 0 Å². The monoisotopic (exact) mass is 449 g/mol. The highest BCUT2D eigenvalue weighted by molar-refractivity contribution is 5.70. The molecule has 3 nitrogen and oxygen atoms in total. The number of aryl methyl sites for hydroxylation is 2. The van der Waals surface area contributed by atoms with Crippen LogP contribution in [0.1, 0.15) is 73.8 Å². The maximum Gasteiger partial charge on any atom is 0.0372 e. The summed E-state index contributed by atoms with van der Waals surface area (Å²) in [5.41, 5.74) is 9.16. The number of hydrogen-bond donors (Lipinski definition) is 1. The van der Waals surface area contributed by atoms with E-state index in [2.05, 4.69) is 81.6 Å². The predicted molar refractivity (Wildman–Crippen MR) is 146 cm³/mol. The van der Waals surface area contributed by atoms with Crippen LogP contribution in [0.25, 0.3) is 5.70 Å². The number of nitrogens with one attached hydrogen (secondary N) is 1. The molecule has 0 aromatic heterocycles. The van der Waals surface area contributed by atoms with E-state index in [1.54, 1.807) is 0 Å². The maximum atomic E-state index is 4.54. The summed E-state index contributed by atoms with van der Waals surface area (Å²) in [5.74, 6) is 0. The minimum atomic E-state index is 0.537. The summed E-state index contributed by atoms with van der Waals surface area (Å²) in [4.78, 5) is 4.87. The van der Waals surface area contributed by atoms with Crippen molar-refractivity contribution >= 4 is 5.70 Å². The topological polar surface area (TPSA) is 18.5 Å². The van der Waals surface area contributed by atoms with E-state index < -0.39 is 0 Å². The summed E-state index contributed by atoms with van der Waals surface area (Å²) in [6, 6.07) is 2.89. The molecule has 0 spiro atoms. The number of allylic oxidation sites excluding steroid dienone is 3. The molecule has 1 atom stereocenters. The Labute approximate surface area is 203 Å². The van der Waals surface area contributed by atoms with Gasteiger partial charge in [-0.05, 0) is 81.2 Å². The van der Waals surface area contributed by atoms with Crippen LogP contribution in [0.4, 0.5) is 0 Å². The Morgan fingerprint density at radius 1 is 1.09 bits per heavy atom. The maximum absolute atomic E-state index is 4.54. The lowest BCUT2D eigenvalue weighted by atomic mass is 9.91. The molecule has 0 bridgehead atoms. The SMILES string of the molecule is C=C/C=C\C(=C)N1CCCC(NCc2c(C)cc(C)c(C(=C)N(CCC)CCC)c2C)CC1. The van der Waals surface area contributed by atoms with Gasteiger partial charge in [0, 0.05) is 55.7 Å². The van der Waals surface area contributed by atoms with E-state index in [1.807, 2.05) is 12.2 Å². The zero-order valence-electron chi connectivity index (χ0n) is 22.0. The van der Waals surface area contributed by atoms with Gasteiger partial charge in [0.1, 0.15) is 0 Å². The fourth-order valence-electron chi connectivity index (χ4n) is 5.14. The molecule has 1 aromatic carbocycles. The van der Waals surface area contributed by atoms with Crippen molar-refractivity contribution in [2.45, 2.75) is 79.3 Å². The summed E-state index contributed by atoms with van der Waals surface area (Å²) < 4.78 is 0. The Morgan fingerprint density at radius 2 is 1.79 bits per heavy atom. The second-order valence-electron chi connectivity index (χ2n) is 9.50. The highest BCUT2D eigenvalue weighted by Gasteiger charge is 2.20. The van der Waals surface area contributed by atoms with Crippen molar-refractivity contribution < 1.29 is 0 Å². The third-order valence-corrected chi connectivity index (χ3v) is 6.91. The van der Waals surface area contributed by atoms with Crippen LogP contribution in [-0.4, -0.2) is 42.0 Å². The first-order valence-corrected chi connectivity index (χ1v) is 12.8. The molecular formula is C30H47N3. The van der Waals surface area contributed by atoms with Crippen molar-refractivity contribution in [3.05, 3.63) is 77.5 Å². The van der Waals surface area contributed by atoms with E-state index in [1.165, 1.54) is 46.4 Å². The number of nitrogens with zero attached hydrogens (tertiary/aromatic N) is 2. The zero-order valence-corrected chi connectivity index (χ0v) is 22.0. The van der Waals surface area contributed by atoms with Gasteiger partial charge >= 0.3 is 0 Å². The van der Waals surface area contributed by atoms with Gasteiger partial charge in [-0.3, -0.25) is 0 Å². The van der Waals surface area contributed by atoms with E-state index in [0.717, 1.165) is 57.7 Å². The Hall–Kier alpha value is -2.26. The molecule has 1 saturated heterocycles. The van der Waals surface area contributed by atoms with Gasteiger partial charge in [-0.1, -0.05) is 51.8 Å². The fraction of sp³-hybridized carbons (Fsp3) is 0.533. The Morgan fingerprint density at radius 3 is 2.42 bits per heavy atom. The van der Waals surface area contributed by atoms with E-state index in [-0.39, 0.29) is 0 Å². The van der Waals surface area contributed by atoms with Crippen LogP contribution < -0.4 is 5.32 Å². The highest BCUT2D eigenvalue weighted by atomic mass is 15.1. The summed E-state index contributed by atoms with van der Waals surface area (Å²) in [5, 5.41) is 3.89. The van der Waals surface area contributed by atoms with E-state index in [4.69, 9.17) is 0 Å². The fourth-order valence-corrected chi connectivity index (χ4v) is 5.14. The van der Waals surface area contributed by atoms with Gasteiger partial charge in [-0.2, -0.15) is 0 Å². The van der Waals surface area contributed by atoms with Crippen molar-refractivity contribution in [1.29, 1.82) is 0 Å². The first-order valence-electron chi connectivity index (χ1n) is 12.8. The minimum absolute atomic E-state index is 0.537. The Balaban J connectivity index is 2.12. The van der Waals surface area contributed by atoms with Crippen LogP contribution in [0.3, 0.4) is 0 Å². The molecule has 1 unspecified atom stereocenters. The number of benzene rings is 1. The molecule has 0 aliphatic carbocycles. The molecular weight excluding hydrogens is 402 g/mol. The Bertz CT molecular complexity index is 843. The zero-order chi connectivity index (χ0) is 24.4. The van der Waals surface area contributed by atoms with Crippen LogP contribution in [-0.2, 0) is 6.54 Å². The average molecular weight is 450 g/mol. The van der Waals surface area contributed by atoms with Crippen LogP contribution in [0.15, 0.2) is 49.7 Å². The number of likely N-dealkylation sites (tertiary alicyclic amines) is 1. The van der Waals surface area contributed by atoms with Gasteiger partial charge in [0.15, 0.2) is 0 Å². The third kappa shape index (κ3) is 7.37. The minimum Gasteiger partial charge on any atom is -0.372 e. The van der Waals surface area contributed by atoms with Crippen molar-refractivity contribution in [3.63, 3.8) is 0 Å². The van der Waals surface area contributed by atoms with Gasteiger partial charge in [0.2, 0.25) is 0 Å². The van der Waals surface area contributed by atoms with Gasteiger partial charge in [0.05, 0.1) is 0 Å². The third-order valence-electron chi connectivity index (χ3n) is 6.91. The molecule has 2 rings (SSSR count). The lowest BCUT2D eigenvalue weighted by molar-refractivity contribution is 0.363. The molecule has 3 heteroatoms. The molecule has 1 aromatic rings. The van der Waals surface area contributed by atoms with Crippen molar-refractivity contribution in [2.75, 3.05) is 26.2 Å². The lowest BCUT2D eigenvalue weighted by Gasteiger charge is -2.29. The first-order chi connectivity index (χ1) is 15.8. The standard InChI is InChI=1S/C30H47N3/c1-9-12-14-25(6)32-19-13-15-28(16-20-32)31-22-29-23(4)21-24(5)30(26(29)7)27(8)33(17-10-2)18-11-3/h9,12,14,21,28,31H,1,6,8,10-11,13,15-20,22H2,2-5,7H3/b14-12-. The molecule has 182 valence electrons. The second-order valence-corrected chi connectivity index (χ2v) is 9.50. The lowest BCUT2D eigenvalue weighted by Crippen LogP contribution is -2.31. The van der Waals surface area contributed by atoms with Gasteiger partial charge in [0.25, 0.3) is 0 Å². The molecule has 1 aliphatic rings. The molecule has 1 aliphatic heterocycles. The van der Waals surface area contributed by atoms with E-state index in [9.17, 15) is 0 Å². The van der Waals surface area contributed by atoms with Crippen molar-refractivity contribution in [1.82, 2.24) is 15.1 Å². The van der Waals surface area contributed by atoms with Crippen LogP contribution in [0.2, 0.25) is 0 Å². The smallest absolute Gasteiger partial charge is 0.0372 e. The van der Waals surface area contributed by atoms with Crippen molar-refractivity contribution in [3.8, 4) is 0 Å². The quantitative estimate of drug-likeness (QED) is 0.350. The first kappa shape index (κ1) is 27.0. The normalized spacial score (nSPS) is 16.6. The van der Waals surface area contributed by atoms with Crippen molar-refractivity contribution in [2.24, 2.45) is 0 Å².